The molecule has 0 unspecified atom stereocenters. The third-order valence-corrected chi connectivity index (χ3v) is 5.83. The highest BCUT2D eigenvalue weighted by molar-refractivity contribution is 6.12. The lowest BCUT2D eigenvalue weighted by molar-refractivity contribution is 0.0697. The lowest BCUT2D eigenvalue weighted by Gasteiger charge is -2.23. The van der Waals surface area contributed by atoms with Crippen molar-refractivity contribution in [2.75, 3.05) is 0 Å². The Morgan fingerprint density at radius 1 is 0.971 bits per heavy atom. The minimum Gasteiger partial charge on any atom is -0.478 e. The lowest BCUT2D eigenvalue weighted by atomic mass is 9.82. The van der Waals surface area contributed by atoms with E-state index in [-0.39, 0.29) is 11.0 Å². The second-order valence-corrected chi connectivity index (χ2v) is 9.18. The molecular formula is C31H37NO3. The number of hydrogen-bond donors (Lipinski definition) is 2. The van der Waals surface area contributed by atoms with Gasteiger partial charge < -0.3 is 10.3 Å². The molecule has 0 atom stereocenters. The molecule has 0 amide bonds. The molecule has 184 valence electrons. The van der Waals surface area contributed by atoms with E-state index in [1.54, 1.807) is 30.3 Å². The molecule has 3 rings (SSSR count). The van der Waals surface area contributed by atoms with Crippen molar-refractivity contribution in [3.63, 3.8) is 0 Å². The first-order chi connectivity index (χ1) is 16.8. The monoisotopic (exact) mass is 471 g/mol. The third kappa shape index (κ3) is 8.56. The van der Waals surface area contributed by atoms with Gasteiger partial charge in [0.1, 0.15) is 5.71 Å². The molecule has 0 heterocycles. The van der Waals surface area contributed by atoms with Crippen molar-refractivity contribution in [1.29, 1.82) is 0 Å². The molecule has 0 spiro atoms. The fraction of sp³-hybridized carbons (Fsp3) is 0.290. The predicted octanol–water partition coefficient (Wildman–Crippen LogP) is 8.34. The number of oxime groups is 1. The zero-order valence-corrected chi connectivity index (χ0v) is 21.5. The molecule has 0 saturated carbocycles. The first-order valence-electron chi connectivity index (χ1n) is 12.1. The lowest BCUT2D eigenvalue weighted by Crippen LogP contribution is -2.10. The van der Waals surface area contributed by atoms with Crippen LogP contribution in [0.4, 0.5) is 0 Å². The van der Waals surface area contributed by atoms with Gasteiger partial charge >= 0.3 is 5.97 Å². The van der Waals surface area contributed by atoms with E-state index in [1.165, 1.54) is 16.7 Å². The van der Waals surface area contributed by atoms with Crippen molar-refractivity contribution >= 4 is 23.3 Å². The van der Waals surface area contributed by atoms with Crippen LogP contribution in [0.1, 0.15) is 74.0 Å². The van der Waals surface area contributed by atoms with E-state index in [0.717, 1.165) is 30.4 Å². The van der Waals surface area contributed by atoms with E-state index in [0.29, 0.717) is 5.71 Å². The fourth-order valence-corrected chi connectivity index (χ4v) is 3.63. The molecule has 0 aliphatic heterocycles. The second-order valence-electron chi connectivity index (χ2n) is 9.18. The maximum atomic E-state index is 11.0. The Balaban J connectivity index is 0.00000210. The summed E-state index contributed by atoms with van der Waals surface area (Å²) < 4.78 is 0. The summed E-state index contributed by atoms with van der Waals surface area (Å²) in [6, 6.07) is 15.2. The van der Waals surface area contributed by atoms with Crippen molar-refractivity contribution in [3.8, 4) is 0 Å². The summed E-state index contributed by atoms with van der Waals surface area (Å²) in [5.41, 5.74) is 6.21. The van der Waals surface area contributed by atoms with Crippen molar-refractivity contribution in [2.24, 2.45) is 10.6 Å². The smallest absolute Gasteiger partial charge is 0.335 e. The molecule has 2 aromatic rings. The van der Waals surface area contributed by atoms with E-state index < -0.39 is 5.97 Å². The number of nitrogens with zero attached hydrogens (tertiary/aromatic N) is 1. The first kappa shape index (κ1) is 27.6. The zero-order chi connectivity index (χ0) is 25.8. The molecule has 2 N–H and O–H groups in total. The summed E-state index contributed by atoms with van der Waals surface area (Å²) in [7, 11) is 0. The number of carbonyl (C=O) groups is 1. The van der Waals surface area contributed by atoms with Crippen molar-refractivity contribution in [3.05, 3.63) is 107 Å². The number of carboxylic acid groups (broad SMARTS) is 1. The predicted molar refractivity (Wildman–Crippen MR) is 147 cm³/mol. The SMILES string of the molecule is CC.Cc1ccc(/C2=C/CC(C)(C)C/C=C(C(/C=C/c3ccc(C(=O)O)cc3)=N\O)\C=C/C2)cc1. The molecule has 35 heavy (non-hydrogen) atoms. The van der Waals surface area contributed by atoms with Gasteiger partial charge in [0.2, 0.25) is 0 Å². The van der Waals surface area contributed by atoms with Gasteiger partial charge in [0.05, 0.1) is 5.56 Å². The summed E-state index contributed by atoms with van der Waals surface area (Å²) in [6.45, 7) is 10.6. The van der Waals surface area contributed by atoms with E-state index in [2.05, 4.69) is 68.4 Å². The Morgan fingerprint density at radius 3 is 2.20 bits per heavy atom. The average molecular weight is 472 g/mol. The normalized spacial score (nSPS) is 20.0. The van der Waals surface area contributed by atoms with Crippen LogP contribution in [-0.2, 0) is 0 Å². The molecule has 0 aromatic heterocycles. The van der Waals surface area contributed by atoms with Gasteiger partial charge in [0, 0.05) is 0 Å². The van der Waals surface area contributed by atoms with Gasteiger partial charge in [-0.1, -0.05) is 105 Å². The van der Waals surface area contributed by atoms with Crippen LogP contribution in [0.2, 0.25) is 0 Å². The molecule has 4 nitrogen and oxygen atoms in total. The summed E-state index contributed by atoms with van der Waals surface area (Å²) in [5, 5.41) is 22.3. The summed E-state index contributed by atoms with van der Waals surface area (Å²) >= 11 is 0. The van der Waals surface area contributed by atoms with Gasteiger partial charge in [0.15, 0.2) is 0 Å². The number of carboxylic acids is 1. The van der Waals surface area contributed by atoms with Crippen LogP contribution in [0.3, 0.4) is 0 Å². The van der Waals surface area contributed by atoms with Gasteiger partial charge in [-0.3, -0.25) is 0 Å². The zero-order valence-electron chi connectivity index (χ0n) is 21.5. The fourth-order valence-electron chi connectivity index (χ4n) is 3.63. The highest BCUT2D eigenvalue weighted by Crippen LogP contribution is 2.31. The summed E-state index contributed by atoms with van der Waals surface area (Å²) in [6.07, 6.45) is 14.7. The molecule has 0 bridgehead atoms. The summed E-state index contributed by atoms with van der Waals surface area (Å²) in [5.74, 6) is -0.957. The molecule has 2 aromatic carbocycles. The van der Waals surface area contributed by atoms with Gasteiger partial charge in [-0.15, -0.1) is 0 Å². The molecule has 1 aliphatic carbocycles. The molecule has 4 heteroatoms. The van der Waals surface area contributed by atoms with Crippen LogP contribution < -0.4 is 0 Å². The standard InChI is InChI=1S/C29H31NO3.C2H6/c1-21-7-12-24(13-8-21)23-5-4-6-25(18-20-29(2,3)19-17-23)27(30-33)16-11-22-9-14-26(15-10-22)28(31)32;1-2/h4,6-18,33H,5,19-20H2,1-3H3,(H,31,32);1-2H3/b6-4-,16-11+,23-17+,25-18+,30-27-;. The van der Waals surface area contributed by atoms with E-state index in [9.17, 15) is 10.0 Å². The van der Waals surface area contributed by atoms with Gasteiger partial charge in [0.25, 0.3) is 0 Å². The molecule has 0 fully saturated rings. The van der Waals surface area contributed by atoms with Crippen molar-refractivity contribution in [1.82, 2.24) is 0 Å². The largest absolute Gasteiger partial charge is 0.478 e. The highest BCUT2D eigenvalue weighted by atomic mass is 16.4. The molecule has 0 radical (unpaired) electrons. The Bertz CT molecular complexity index is 1130. The van der Waals surface area contributed by atoms with Gasteiger partial charge in [-0.2, -0.15) is 0 Å². The second kappa shape index (κ2) is 13.3. The van der Waals surface area contributed by atoms with E-state index in [1.807, 2.05) is 26.0 Å². The Hall–Kier alpha value is -3.66. The topological polar surface area (TPSA) is 69.9 Å². The Morgan fingerprint density at radius 2 is 1.60 bits per heavy atom. The average Bonchev–Trinajstić information content (AvgIpc) is 2.86. The van der Waals surface area contributed by atoms with Crippen LogP contribution in [0.5, 0.6) is 0 Å². The highest BCUT2D eigenvalue weighted by Gasteiger charge is 2.17. The van der Waals surface area contributed by atoms with E-state index in [4.69, 9.17) is 5.11 Å². The number of allylic oxidation sites excluding steroid dienone is 7. The van der Waals surface area contributed by atoms with Crippen LogP contribution in [0, 0.1) is 12.3 Å². The van der Waals surface area contributed by atoms with Crippen LogP contribution >= 0.6 is 0 Å². The van der Waals surface area contributed by atoms with Crippen LogP contribution in [0.15, 0.2) is 89.6 Å². The molecule has 1 aliphatic rings. The molecular weight excluding hydrogens is 434 g/mol. The summed E-state index contributed by atoms with van der Waals surface area (Å²) in [4.78, 5) is 11.0. The quantitative estimate of drug-likeness (QED) is 0.261. The van der Waals surface area contributed by atoms with Gasteiger partial charge in [-0.05, 0) is 72.1 Å². The van der Waals surface area contributed by atoms with Crippen molar-refractivity contribution < 1.29 is 15.1 Å². The number of hydrogen-bond acceptors (Lipinski definition) is 3. The Kier molecular flexibility index (Phi) is 10.5. The minimum atomic E-state index is -0.957. The van der Waals surface area contributed by atoms with Gasteiger partial charge in [-0.25, -0.2) is 4.79 Å². The number of rotatable bonds is 5. The van der Waals surface area contributed by atoms with Crippen LogP contribution in [0.25, 0.3) is 11.6 Å². The van der Waals surface area contributed by atoms with Crippen LogP contribution in [-0.4, -0.2) is 22.0 Å². The number of benzene rings is 2. The maximum Gasteiger partial charge on any atom is 0.335 e. The van der Waals surface area contributed by atoms with E-state index >= 15 is 0 Å². The molecule has 0 saturated heterocycles. The number of aromatic carboxylic acids is 1. The third-order valence-electron chi connectivity index (χ3n) is 5.83. The first-order valence-corrected chi connectivity index (χ1v) is 12.1. The Labute approximate surface area is 209 Å². The maximum absolute atomic E-state index is 11.0. The minimum absolute atomic E-state index is 0.0588. The number of aryl methyl sites for hydroxylation is 1. The van der Waals surface area contributed by atoms with Crippen molar-refractivity contribution in [2.45, 2.75) is 53.9 Å².